The van der Waals surface area contributed by atoms with Crippen molar-refractivity contribution in [2.75, 3.05) is 38.1 Å². The Morgan fingerprint density at radius 1 is 1.00 bits per heavy atom. The third kappa shape index (κ3) is 2.96. The predicted molar refractivity (Wildman–Crippen MR) is 99.4 cm³/mol. The summed E-state index contributed by atoms with van der Waals surface area (Å²) in [6, 6.07) is 14.9. The van der Waals surface area contributed by atoms with Gasteiger partial charge in [0.15, 0.2) is 0 Å². The standard InChI is InChI=1S/C19H21N3S/c1-21-9-5-10-22(12-11-21)18-14-17(15-6-3-2-4-7-15)20-16-8-13-23-19(16)18/h2-4,6-8,13-14H,5,9-12H2,1H3. The minimum atomic E-state index is 1.07. The molecule has 0 atom stereocenters. The molecule has 2 aromatic heterocycles. The number of benzene rings is 1. The van der Waals surface area contributed by atoms with Gasteiger partial charge in [0.2, 0.25) is 0 Å². The molecule has 1 fully saturated rings. The number of hydrogen-bond acceptors (Lipinski definition) is 4. The van der Waals surface area contributed by atoms with E-state index in [2.05, 4.69) is 64.7 Å². The van der Waals surface area contributed by atoms with E-state index in [1.165, 1.54) is 28.9 Å². The Kier molecular flexibility index (Phi) is 4.02. The number of rotatable bonds is 2. The van der Waals surface area contributed by atoms with Crippen LogP contribution in [0.4, 0.5) is 5.69 Å². The van der Waals surface area contributed by atoms with Gasteiger partial charge in [0.25, 0.3) is 0 Å². The van der Waals surface area contributed by atoms with Gasteiger partial charge in [-0.15, -0.1) is 11.3 Å². The van der Waals surface area contributed by atoms with Crippen molar-refractivity contribution in [1.29, 1.82) is 0 Å². The van der Waals surface area contributed by atoms with Crippen LogP contribution in [0.15, 0.2) is 47.8 Å². The third-order valence-corrected chi connectivity index (χ3v) is 5.45. The zero-order valence-electron chi connectivity index (χ0n) is 13.4. The van der Waals surface area contributed by atoms with Crippen LogP contribution in [0.25, 0.3) is 21.5 Å². The predicted octanol–water partition coefficient (Wildman–Crippen LogP) is 4.11. The monoisotopic (exact) mass is 323 g/mol. The summed E-state index contributed by atoms with van der Waals surface area (Å²) in [7, 11) is 2.21. The van der Waals surface area contributed by atoms with Crippen molar-refractivity contribution in [3.8, 4) is 11.3 Å². The Morgan fingerprint density at radius 3 is 2.74 bits per heavy atom. The molecule has 4 heteroatoms. The summed E-state index contributed by atoms with van der Waals surface area (Å²) < 4.78 is 1.31. The average Bonchev–Trinajstić information content (AvgIpc) is 2.96. The molecule has 3 heterocycles. The maximum Gasteiger partial charge on any atom is 0.0838 e. The maximum atomic E-state index is 4.87. The van der Waals surface area contributed by atoms with E-state index in [9.17, 15) is 0 Å². The topological polar surface area (TPSA) is 19.4 Å². The molecule has 1 saturated heterocycles. The highest BCUT2D eigenvalue weighted by Crippen LogP contribution is 2.34. The second kappa shape index (κ2) is 6.30. The summed E-state index contributed by atoms with van der Waals surface area (Å²) in [6.45, 7) is 4.51. The molecule has 0 bridgehead atoms. The number of likely N-dealkylation sites (N-methyl/N-ethyl adjacent to an activating group) is 1. The lowest BCUT2D eigenvalue weighted by atomic mass is 10.1. The number of fused-ring (bicyclic) bond motifs is 1. The van der Waals surface area contributed by atoms with Gasteiger partial charge >= 0.3 is 0 Å². The normalized spacial score (nSPS) is 16.7. The van der Waals surface area contributed by atoms with E-state index < -0.39 is 0 Å². The fourth-order valence-electron chi connectivity index (χ4n) is 3.22. The summed E-state index contributed by atoms with van der Waals surface area (Å²) in [5.41, 5.74) is 4.72. The van der Waals surface area contributed by atoms with Gasteiger partial charge in [0.1, 0.15) is 0 Å². The van der Waals surface area contributed by atoms with Crippen molar-refractivity contribution in [2.24, 2.45) is 0 Å². The first-order chi connectivity index (χ1) is 11.3. The summed E-state index contributed by atoms with van der Waals surface area (Å²) >= 11 is 1.80. The number of pyridine rings is 1. The molecule has 1 aliphatic rings. The van der Waals surface area contributed by atoms with Gasteiger partial charge in [0, 0.05) is 25.2 Å². The molecule has 23 heavy (non-hydrogen) atoms. The quantitative estimate of drug-likeness (QED) is 0.707. The molecule has 0 radical (unpaired) electrons. The molecule has 4 rings (SSSR count). The molecular weight excluding hydrogens is 302 g/mol. The highest BCUT2D eigenvalue weighted by Gasteiger charge is 2.17. The molecule has 3 nitrogen and oxygen atoms in total. The van der Waals surface area contributed by atoms with E-state index in [0.717, 1.165) is 30.8 Å². The van der Waals surface area contributed by atoms with Crippen LogP contribution < -0.4 is 4.90 Å². The lowest BCUT2D eigenvalue weighted by Gasteiger charge is -2.24. The molecule has 0 saturated carbocycles. The van der Waals surface area contributed by atoms with Crippen molar-refractivity contribution in [3.63, 3.8) is 0 Å². The molecule has 0 unspecified atom stereocenters. The number of thiophene rings is 1. The van der Waals surface area contributed by atoms with Gasteiger partial charge in [-0.3, -0.25) is 0 Å². The van der Waals surface area contributed by atoms with Gasteiger partial charge in [-0.25, -0.2) is 4.98 Å². The van der Waals surface area contributed by atoms with Crippen molar-refractivity contribution >= 4 is 27.2 Å². The van der Waals surface area contributed by atoms with Crippen LogP contribution in [-0.4, -0.2) is 43.1 Å². The Morgan fingerprint density at radius 2 is 1.87 bits per heavy atom. The molecule has 118 valence electrons. The largest absolute Gasteiger partial charge is 0.369 e. The SMILES string of the molecule is CN1CCCN(c2cc(-c3ccccc3)nc3ccsc23)CC1. The number of anilines is 1. The van der Waals surface area contributed by atoms with E-state index in [-0.39, 0.29) is 0 Å². The highest BCUT2D eigenvalue weighted by atomic mass is 32.1. The Bertz CT molecular complexity index is 797. The number of aromatic nitrogens is 1. The average molecular weight is 323 g/mol. The summed E-state index contributed by atoms with van der Waals surface area (Å²) in [6.07, 6.45) is 1.21. The molecule has 0 aliphatic carbocycles. The van der Waals surface area contributed by atoms with Gasteiger partial charge in [-0.1, -0.05) is 30.3 Å². The van der Waals surface area contributed by atoms with Crippen molar-refractivity contribution < 1.29 is 0 Å². The lowest BCUT2D eigenvalue weighted by Crippen LogP contribution is -2.28. The van der Waals surface area contributed by atoms with Gasteiger partial charge in [-0.05, 0) is 37.5 Å². The number of hydrogen-bond donors (Lipinski definition) is 0. The summed E-state index contributed by atoms with van der Waals surface area (Å²) in [4.78, 5) is 9.83. The Labute approximate surface area is 141 Å². The van der Waals surface area contributed by atoms with Crippen molar-refractivity contribution in [1.82, 2.24) is 9.88 Å². The fourth-order valence-corrected chi connectivity index (χ4v) is 4.09. The molecule has 0 N–H and O–H groups in total. The first-order valence-corrected chi connectivity index (χ1v) is 9.06. The lowest BCUT2D eigenvalue weighted by molar-refractivity contribution is 0.360. The van der Waals surface area contributed by atoms with Crippen LogP contribution in [0.5, 0.6) is 0 Å². The van der Waals surface area contributed by atoms with Crippen LogP contribution >= 0.6 is 11.3 Å². The Hall–Kier alpha value is -1.91. The molecule has 0 amide bonds. The summed E-state index contributed by atoms with van der Waals surface area (Å²) in [5.74, 6) is 0. The smallest absolute Gasteiger partial charge is 0.0838 e. The highest BCUT2D eigenvalue weighted by molar-refractivity contribution is 7.17. The molecular formula is C19H21N3S. The first-order valence-electron chi connectivity index (χ1n) is 8.18. The summed E-state index contributed by atoms with van der Waals surface area (Å²) in [5, 5.41) is 2.15. The zero-order valence-corrected chi connectivity index (χ0v) is 14.2. The second-order valence-electron chi connectivity index (χ2n) is 6.17. The zero-order chi connectivity index (χ0) is 15.6. The van der Waals surface area contributed by atoms with Crippen LogP contribution in [0.2, 0.25) is 0 Å². The molecule has 1 aliphatic heterocycles. The number of nitrogens with zero attached hydrogens (tertiary/aromatic N) is 3. The molecule has 0 spiro atoms. The molecule has 3 aromatic rings. The van der Waals surface area contributed by atoms with Gasteiger partial charge in [0.05, 0.1) is 21.6 Å². The first kappa shape index (κ1) is 14.7. The maximum absolute atomic E-state index is 4.87. The van der Waals surface area contributed by atoms with E-state index in [1.54, 1.807) is 11.3 Å². The van der Waals surface area contributed by atoms with E-state index in [0.29, 0.717) is 0 Å². The molecule has 1 aromatic carbocycles. The van der Waals surface area contributed by atoms with Gasteiger partial charge in [-0.2, -0.15) is 0 Å². The third-order valence-electron chi connectivity index (χ3n) is 4.52. The van der Waals surface area contributed by atoms with Crippen molar-refractivity contribution in [3.05, 3.63) is 47.8 Å². The second-order valence-corrected chi connectivity index (χ2v) is 7.09. The Balaban J connectivity index is 1.80. The van der Waals surface area contributed by atoms with Gasteiger partial charge < -0.3 is 9.80 Å². The minimum absolute atomic E-state index is 1.07. The van der Waals surface area contributed by atoms with Crippen LogP contribution in [0.1, 0.15) is 6.42 Å². The van der Waals surface area contributed by atoms with Crippen LogP contribution in [-0.2, 0) is 0 Å². The van der Waals surface area contributed by atoms with E-state index in [1.807, 2.05) is 0 Å². The fraction of sp³-hybridized carbons (Fsp3) is 0.316. The van der Waals surface area contributed by atoms with E-state index in [4.69, 9.17) is 4.98 Å². The van der Waals surface area contributed by atoms with Crippen molar-refractivity contribution in [2.45, 2.75) is 6.42 Å². The minimum Gasteiger partial charge on any atom is -0.369 e. The van der Waals surface area contributed by atoms with E-state index >= 15 is 0 Å². The van der Waals surface area contributed by atoms with Crippen LogP contribution in [0, 0.1) is 0 Å². The van der Waals surface area contributed by atoms with Crippen LogP contribution in [0.3, 0.4) is 0 Å².